The number of rotatable bonds is 6. The van der Waals surface area contributed by atoms with Crippen molar-refractivity contribution in [3.8, 4) is 11.5 Å². The molecule has 2 N–H and O–H groups in total. The summed E-state index contributed by atoms with van der Waals surface area (Å²) in [6.07, 6.45) is 0. The van der Waals surface area contributed by atoms with E-state index in [0.29, 0.717) is 10.9 Å². The second-order valence-electron chi connectivity index (χ2n) is 6.42. The van der Waals surface area contributed by atoms with E-state index in [0.717, 1.165) is 22.6 Å². The van der Waals surface area contributed by atoms with Gasteiger partial charge in [-0.3, -0.25) is 0 Å². The smallest absolute Gasteiger partial charge is 0.171 e. The highest BCUT2D eigenvalue weighted by atomic mass is 32.1. The van der Waals surface area contributed by atoms with E-state index in [1.165, 1.54) is 5.56 Å². The second kappa shape index (κ2) is 9.24. The van der Waals surface area contributed by atoms with Crippen molar-refractivity contribution in [1.29, 1.82) is 0 Å². The van der Waals surface area contributed by atoms with Crippen molar-refractivity contribution in [2.75, 3.05) is 19.5 Å². The molecule has 0 amide bonds. The Kier molecular flexibility index (Phi) is 6.50. The highest BCUT2D eigenvalue weighted by Gasteiger charge is 2.16. The van der Waals surface area contributed by atoms with Crippen LogP contribution in [0.4, 0.5) is 5.69 Å². The molecule has 0 saturated heterocycles. The number of methoxy groups -OCH3 is 2. The molecule has 144 valence electrons. The lowest BCUT2D eigenvalue weighted by Gasteiger charge is -2.23. The van der Waals surface area contributed by atoms with Crippen LogP contribution in [0.1, 0.15) is 22.7 Å². The molecule has 3 aromatic carbocycles. The maximum absolute atomic E-state index is 5.60. The van der Waals surface area contributed by atoms with Gasteiger partial charge in [0, 0.05) is 6.07 Å². The lowest BCUT2D eigenvalue weighted by atomic mass is 9.98. The number of aryl methyl sites for hydroxylation is 1. The van der Waals surface area contributed by atoms with Crippen LogP contribution in [-0.4, -0.2) is 19.3 Å². The predicted octanol–water partition coefficient (Wildman–Crippen LogP) is 5.09. The molecule has 0 heterocycles. The largest absolute Gasteiger partial charge is 0.497 e. The molecule has 0 aliphatic carbocycles. The fraction of sp³-hybridized carbons (Fsp3) is 0.174. The molecule has 0 unspecified atom stereocenters. The number of anilines is 1. The molecule has 0 aliphatic heterocycles. The Balaban J connectivity index is 1.83. The van der Waals surface area contributed by atoms with E-state index >= 15 is 0 Å². The first-order valence-electron chi connectivity index (χ1n) is 9.01. The summed E-state index contributed by atoms with van der Waals surface area (Å²) in [5, 5.41) is 7.18. The maximum atomic E-state index is 5.60. The topological polar surface area (TPSA) is 42.5 Å². The first kappa shape index (κ1) is 19.7. The van der Waals surface area contributed by atoms with Crippen LogP contribution in [0.3, 0.4) is 0 Å². The fourth-order valence-corrected chi connectivity index (χ4v) is 3.18. The summed E-state index contributed by atoms with van der Waals surface area (Å²) in [5.41, 5.74) is 4.27. The third-order valence-electron chi connectivity index (χ3n) is 4.48. The average molecular weight is 393 g/mol. The van der Waals surface area contributed by atoms with Crippen molar-refractivity contribution in [3.63, 3.8) is 0 Å². The van der Waals surface area contributed by atoms with Gasteiger partial charge in [0.1, 0.15) is 11.5 Å². The van der Waals surface area contributed by atoms with E-state index in [2.05, 4.69) is 54.0 Å². The maximum Gasteiger partial charge on any atom is 0.171 e. The summed E-state index contributed by atoms with van der Waals surface area (Å²) in [5.74, 6) is 1.39. The van der Waals surface area contributed by atoms with Crippen molar-refractivity contribution in [2.24, 2.45) is 0 Å². The zero-order chi connectivity index (χ0) is 19.9. The van der Waals surface area contributed by atoms with Crippen molar-refractivity contribution in [3.05, 3.63) is 89.5 Å². The fourth-order valence-electron chi connectivity index (χ4n) is 2.95. The molecule has 28 heavy (non-hydrogen) atoms. The molecule has 3 aromatic rings. The highest BCUT2D eigenvalue weighted by molar-refractivity contribution is 7.80. The summed E-state index contributed by atoms with van der Waals surface area (Å²) in [6, 6.07) is 24.2. The van der Waals surface area contributed by atoms with Crippen molar-refractivity contribution >= 4 is 23.0 Å². The van der Waals surface area contributed by atoms with Crippen molar-refractivity contribution in [1.82, 2.24) is 5.32 Å². The summed E-state index contributed by atoms with van der Waals surface area (Å²) in [7, 11) is 3.25. The third kappa shape index (κ3) is 4.81. The van der Waals surface area contributed by atoms with E-state index in [-0.39, 0.29) is 6.04 Å². The molecule has 0 radical (unpaired) electrons. The van der Waals surface area contributed by atoms with Crippen LogP contribution in [0.2, 0.25) is 0 Å². The lowest BCUT2D eigenvalue weighted by molar-refractivity contribution is 0.395. The van der Waals surface area contributed by atoms with Gasteiger partial charge in [-0.2, -0.15) is 0 Å². The Morgan fingerprint density at radius 3 is 2.18 bits per heavy atom. The number of ether oxygens (including phenoxy) is 2. The number of hydrogen-bond donors (Lipinski definition) is 2. The van der Waals surface area contributed by atoms with Gasteiger partial charge in [0.2, 0.25) is 0 Å². The Morgan fingerprint density at radius 1 is 0.857 bits per heavy atom. The van der Waals surface area contributed by atoms with Gasteiger partial charge in [0.05, 0.1) is 25.9 Å². The van der Waals surface area contributed by atoms with E-state index < -0.39 is 0 Å². The summed E-state index contributed by atoms with van der Waals surface area (Å²) < 4.78 is 10.7. The highest BCUT2D eigenvalue weighted by Crippen LogP contribution is 2.29. The normalized spacial score (nSPS) is 11.4. The van der Waals surface area contributed by atoms with Gasteiger partial charge in [0.15, 0.2) is 5.11 Å². The van der Waals surface area contributed by atoms with Gasteiger partial charge in [-0.05, 0) is 42.4 Å². The zero-order valence-electron chi connectivity index (χ0n) is 16.2. The monoisotopic (exact) mass is 392 g/mol. The third-order valence-corrected chi connectivity index (χ3v) is 4.70. The summed E-state index contributed by atoms with van der Waals surface area (Å²) >= 11 is 5.60. The number of nitrogens with one attached hydrogen (secondary N) is 2. The first-order valence-corrected chi connectivity index (χ1v) is 9.42. The van der Waals surface area contributed by atoms with E-state index in [9.17, 15) is 0 Å². The van der Waals surface area contributed by atoms with E-state index in [1.54, 1.807) is 14.2 Å². The van der Waals surface area contributed by atoms with Gasteiger partial charge in [-0.25, -0.2) is 0 Å². The molecule has 3 rings (SSSR count). The number of benzene rings is 3. The van der Waals surface area contributed by atoms with E-state index in [4.69, 9.17) is 21.7 Å². The Labute approximate surface area is 171 Å². The molecule has 1 atom stereocenters. The Morgan fingerprint density at radius 2 is 1.54 bits per heavy atom. The molecule has 0 saturated carbocycles. The van der Waals surface area contributed by atoms with E-state index in [1.807, 2.05) is 36.4 Å². The molecule has 0 bridgehead atoms. The minimum Gasteiger partial charge on any atom is -0.497 e. The molecule has 0 spiro atoms. The van der Waals surface area contributed by atoms with Crippen LogP contribution in [0.5, 0.6) is 11.5 Å². The summed E-state index contributed by atoms with van der Waals surface area (Å²) in [6.45, 7) is 2.08. The number of hydrogen-bond acceptors (Lipinski definition) is 3. The summed E-state index contributed by atoms with van der Waals surface area (Å²) in [4.78, 5) is 0. The van der Waals surface area contributed by atoms with Crippen LogP contribution in [-0.2, 0) is 0 Å². The molecule has 0 aromatic heterocycles. The van der Waals surface area contributed by atoms with Crippen LogP contribution in [0.15, 0.2) is 72.8 Å². The van der Waals surface area contributed by atoms with Gasteiger partial charge in [-0.1, -0.05) is 60.2 Å². The molecule has 0 fully saturated rings. The quantitative estimate of drug-likeness (QED) is 0.572. The van der Waals surface area contributed by atoms with Crippen LogP contribution >= 0.6 is 12.2 Å². The van der Waals surface area contributed by atoms with Gasteiger partial charge < -0.3 is 20.1 Å². The zero-order valence-corrected chi connectivity index (χ0v) is 17.0. The molecule has 0 aliphatic rings. The molecular weight excluding hydrogens is 368 g/mol. The first-order chi connectivity index (χ1) is 13.6. The Bertz CT molecular complexity index is 927. The Hall–Kier alpha value is -3.05. The minimum atomic E-state index is -0.0638. The minimum absolute atomic E-state index is 0.0638. The van der Waals surface area contributed by atoms with Crippen molar-refractivity contribution < 1.29 is 9.47 Å². The second-order valence-corrected chi connectivity index (χ2v) is 6.83. The predicted molar refractivity (Wildman–Crippen MR) is 118 cm³/mol. The molecule has 5 heteroatoms. The SMILES string of the molecule is COc1ccc(NC(=S)N[C@H](c2ccccc2)c2ccc(C)cc2)c(OC)c1. The van der Waals surface area contributed by atoms with Crippen molar-refractivity contribution in [2.45, 2.75) is 13.0 Å². The number of thiocarbonyl (C=S) groups is 1. The van der Waals surface area contributed by atoms with Crippen LogP contribution < -0.4 is 20.1 Å². The average Bonchev–Trinajstić information content (AvgIpc) is 2.73. The van der Waals surface area contributed by atoms with Gasteiger partial charge in [0.25, 0.3) is 0 Å². The standard InChI is InChI=1S/C23H24N2O2S/c1-16-9-11-18(12-10-16)22(17-7-5-4-6-8-17)25-23(28)24-20-14-13-19(26-2)15-21(20)27-3/h4-15,22H,1-3H3,(H2,24,25,28)/t22-/m1/s1. The van der Waals surface area contributed by atoms with Crippen LogP contribution in [0, 0.1) is 6.92 Å². The van der Waals surface area contributed by atoms with Gasteiger partial charge in [-0.15, -0.1) is 0 Å². The lowest BCUT2D eigenvalue weighted by Crippen LogP contribution is -2.33. The van der Waals surface area contributed by atoms with Crippen LogP contribution in [0.25, 0.3) is 0 Å². The van der Waals surface area contributed by atoms with Gasteiger partial charge >= 0.3 is 0 Å². The molecular formula is C23H24N2O2S. The molecule has 4 nitrogen and oxygen atoms in total.